The molecule has 0 aliphatic heterocycles. The van der Waals surface area contributed by atoms with Gasteiger partial charge in [0.2, 0.25) is 11.3 Å². The van der Waals surface area contributed by atoms with Crippen LogP contribution in [-0.4, -0.2) is 23.1 Å². The van der Waals surface area contributed by atoms with Crippen molar-refractivity contribution >= 4 is 17.5 Å². The summed E-state index contributed by atoms with van der Waals surface area (Å²) in [6.45, 7) is 7.60. The third kappa shape index (κ3) is 11.9. The van der Waals surface area contributed by atoms with Gasteiger partial charge >= 0.3 is 5.97 Å². The van der Waals surface area contributed by atoms with Crippen molar-refractivity contribution in [1.82, 2.24) is 0 Å². The maximum atomic E-state index is 13.6. The molecule has 0 unspecified atom stereocenters. The van der Waals surface area contributed by atoms with E-state index in [4.69, 9.17) is 9.57 Å². The lowest BCUT2D eigenvalue weighted by atomic mass is 9.80. The molecule has 0 saturated carbocycles. The summed E-state index contributed by atoms with van der Waals surface area (Å²) in [6.07, 6.45) is 16.0. The van der Waals surface area contributed by atoms with Crippen LogP contribution in [0.5, 0.6) is 0 Å². The Kier molecular flexibility index (Phi) is 15.7. The second kappa shape index (κ2) is 19.7. The van der Waals surface area contributed by atoms with E-state index in [-0.39, 0.29) is 17.9 Å². The predicted octanol–water partition coefficient (Wildman–Crippen LogP) is 10.7. The summed E-state index contributed by atoms with van der Waals surface area (Å²) < 4.78 is 5.65. The molecule has 0 atom stereocenters. The van der Waals surface area contributed by atoms with Gasteiger partial charge in [-0.25, -0.2) is 4.79 Å². The fourth-order valence-electron chi connectivity index (χ4n) is 5.74. The number of benzene rings is 3. The number of hydrogen-bond acceptors (Lipinski definition) is 5. The van der Waals surface area contributed by atoms with Gasteiger partial charge in [-0.1, -0.05) is 180 Å². The summed E-state index contributed by atoms with van der Waals surface area (Å²) in [7, 11) is 0. The number of nitrogens with zero attached hydrogens (tertiary/aromatic N) is 1. The quantitative estimate of drug-likeness (QED) is 0.0295. The van der Waals surface area contributed by atoms with Gasteiger partial charge in [0, 0.05) is 23.1 Å². The summed E-state index contributed by atoms with van der Waals surface area (Å²) >= 11 is 0. The van der Waals surface area contributed by atoms with E-state index in [1.165, 1.54) is 64.2 Å². The van der Waals surface area contributed by atoms with Crippen LogP contribution in [0.4, 0.5) is 0 Å². The molecular weight excluding hydrogens is 570 g/mol. The van der Waals surface area contributed by atoms with E-state index in [1.807, 2.05) is 91.0 Å². The Labute approximate surface area is 277 Å². The highest BCUT2D eigenvalue weighted by molar-refractivity contribution is 6.64. The highest BCUT2D eigenvalue weighted by Crippen LogP contribution is 2.40. The van der Waals surface area contributed by atoms with Crippen molar-refractivity contribution in [3.63, 3.8) is 0 Å². The maximum Gasteiger partial charge on any atom is 0.364 e. The average molecular weight is 626 g/mol. The lowest BCUT2D eigenvalue weighted by molar-refractivity contribution is -0.147. The number of hydrogen-bond donors (Lipinski definition) is 0. The van der Waals surface area contributed by atoms with Crippen LogP contribution in [0.2, 0.25) is 0 Å². The molecule has 0 bridgehead atoms. The fraction of sp³-hybridized carbons (Fsp3) is 0.488. The molecule has 0 heterocycles. The zero-order valence-electron chi connectivity index (χ0n) is 28.6. The monoisotopic (exact) mass is 625 g/mol. The van der Waals surface area contributed by atoms with Gasteiger partial charge in [-0.05, 0) is 27.2 Å². The van der Waals surface area contributed by atoms with Gasteiger partial charge in [0.1, 0.15) is 5.60 Å². The van der Waals surface area contributed by atoms with E-state index in [0.29, 0.717) is 6.42 Å². The molecule has 46 heavy (non-hydrogen) atoms. The normalized spacial score (nSPS) is 12.1. The second-order valence-electron chi connectivity index (χ2n) is 13.2. The van der Waals surface area contributed by atoms with Crippen molar-refractivity contribution in [1.29, 1.82) is 0 Å². The Balaban J connectivity index is 1.73. The van der Waals surface area contributed by atoms with Crippen LogP contribution >= 0.6 is 0 Å². The fourth-order valence-corrected chi connectivity index (χ4v) is 5.74. The van der Waals surface area contributed by atoms with Gasteiger partial charge < -0.3 is 9.57 Å². The van der Waals surface area contributed by atoms with Crippen molar-refractivity contribution in [3.05, 3.63) is 108 Å². The highest BCUT2D eigenvalue weighted by Gasteiger charge is 2.40. The van der Waals surface area contributed by atoms with Crippen molar-refractivity contribution in [2.75, 3.05) is 0 Å². The Morgan fingerprint density at radius 3 is 1.30 bits per heavy atom. The number of carbonyl (C=O) groups is 2. The maximum absolute atomic E-state index is 13.6. The number of esters is 1. The minimum Gasteiger partial charge on any atom is -0.455 e. The SMILES string of the molecule is CCCCCCCCCCCCCCCC(=O)C(=NOC(c1ccccc1)(c1ccccc1)c1ccccc1)C(=O)OC(C)(C)C. The lowest BCUT2D eigenvalue weighted by Crippen LogP contribution is -2.36. The molecule has 3 aromatic rings. The van der Waals surface area contributed by atoms with E-state index in [2.05, 4.69) is 12.1 Å². The topological polar surface area (TPSA) is 65.0 Å². The minimum atomic E-state index is -1.20. The zero-order chi connectivity index (χ0) is 33.1. The first-order chi connectivity index (χ1) is 22.3. The van der Waals surface area contributed by atoms with Gasteiger partial charge in [-0.3, -0.25) is 4.79 Å². The summed E-state index contributed by atoms with van der Waals surface area (Å²) in [5.41, 5.74) is 0.174. The first-order valence-corrected chi connectivity index (χ1v) is 17.5. The molecule has 0 fully saturated rings. The standard InChI is InChI=1S/C41H55NO4/c1-5-6-7-8-9-10-11-12-13-14-15-16-26-33-37(43)38(39(44)45-40(2,3)4)42-46-41(34-27-20-17-21-28-34,35-29-22-18-23-30-35)36-31-24-19-25-32-36/h17-25,27-32H,5-16,26,33H2,1-4H3. The van der Waals surface area contributed by atoms with Gasteiger partial charge in [0.25, 0.3) is 0 Å². The number of ketones is 1. The van der Waals surface area contributed by atoms with Crippen LogP contribution in [0.15, 0.2) is 96.2 Å². The molecule has 0 amide bonds. The first-order valence-electron chi connectivity index (χ1n) is 17.5. The summed E-state index contributed by atoms with van der Waals surface area (Å²) in [5, 5.41) is 4.38. The van der Waals surface area contributed by atoms with Crippen LogP contribution in [0, 0.1) is 0 Å². The molecule has 248 valence electrons. The number of carbonyl (C=O) groups excluding carboxylic acids is 2. The zero-order valence-corrected chi connectivity index (χ0v) is 28.6. The smallest absolute Gasteiger partial charge is 0.364 e. The van der Waals surface area contributed by atoms with Gasteiger partial charge in [-0.15, -0.1) is 0 Å². The Hall–Kier alpha value is -3.73. The van der Waals surface area contributed by atoms with Gasteiger partial charge in [0.15, 0.2) is 5.78 Å². The van der Waals surface area contributed by atoms with E-state index >= 15 is 0 Å². The molecule has 3 aromatic carbocycles. The predicted molar refractivity (Wildman–Crippen MR) is 189 cm³/mol. The summed E-state index contributed by atoms with van der Waals surface area (Å²) in [5.74, 6) is -1.13. The highest BCUT2D eigenvalue weighted by atomic mass is 16.7. The second-order valence-corrected chi connectivity index (χ2v) is 13.2. The first kappa shape index (κ1) is 36.7. The van der Waals surface area contributed by atoms with Gasteiger partial charge in [0.05, 0.1) is 0 Å². The van der Waals surface area contributed by atoms with E-state index in [9.17, 15) is 9.59 Å². The van der Waals surface area contributed by atoms with E-state index in [1.54, 1.807) is 20.8 Å². The molecule has 5 heteroatoms. The molecule has 0 aliphatic rings. The number of oxime groups is 1. The lowest BCUT2D eigenvalue weighted by Gasteiger charge is -2.33. The van der Waals surface area contributed by atoms with Crippen LogP contribution in [0.25, 0.3) is 0 Å². The van der Waals surface area contributed by atoms with Crippen molar-refractivity contribution in [3.8, 4) is 0 Å². The largest absolute Gasteiger partial charge is 0.455 e. The Morgan fingerprint density at radius 1 is 0.565 bits per heavy atom. The summed E-state index contributed by atoms with van der Waals surface area (Å²) in [6, 6.07) is 29.3. The minimum absolute atomic E-state index is 0.216. The average Bonchev–Trinajstić information content (AvgIpc) is 3.05. The van der Waals surface area contributed by atoms with Crippen molar-refractivity contribution in [2.24, 2.45) is 5.16 Å². The molecule has 0 aromatic heterocycles. The third-order valence-corrected chi connectivity index (χ3v) is 8.18. The number of ether oxygens (including phenoxy) is 1. The van der Waals surface area contributed by atoms with Crippen molar-refractivity contribution < 1.29 is 19.2 Å². The Morgan fingerprint density at radius 2 is 0.935 bits per heavy atom. The van der Waals surface area contributed by atoms with Gasteiger partial charge in [-0.2, -0.15) is 0 Å². The third-order valence-electron chi connectivity index (χ3n) is 8.18. The number of rotatable bonds is 21. The molecule has 0 radical (unpaired) electrons. The molecular formula is C41H55NO4. The summed E-state index contributed by atoms with van der Waals surface area (Å²) in [4.78, 5) is 33.5. The van der Waals surface area contributed by atoms with Crippen LogP contribution in [-0.2, 0) is 24.8 Å². The molecule has 0 saturated heterocycles. The number of Topliss-reactive ketones (excluding diaryl/α,β-unsaturated/α-hetero) is 1. The molecule has 0 N–H and O–H groups in total. The van der Waals surface area contributed by atoms with Crippen LogP contribution in [0.3, 0.4) is 0 Å². The molecule has 0 aliphatic carbocycles. The molecule has 0 spiro atoms. The van der Waals surface area contributed by atoms with E-state index < -0.39 is 17.2 Å². The number of unbranched alkanes of at least 4 members (excludes halogenated alkanes) is 12. The van der Waals surface area contributed by atoms with E-state index in [0.717, 1.165) is 29.5 Å². The van der Waals surface area contributed by atoms with Crippen LogP contribution < -0.4 is 0 Å². The Bertz CT molecular complexity index is 1220. The molecule has 5 nitrogen and oxygen atoms in total. The van der Waals surface area contributed by atoms with Crippen LogP contribution in [0.1, 0.15) is 134 Å². The van der Waals surface area contributed by atoms with Crippen molar-refractivity contribution in [2.45, 2.75) is 129 Å². The molecule has 3 rings (SSSR count).